The largest absolute Gasteiger partial charge is 0.355 e. The number of fused-ring (bicyclic) bond motifs is 3. The summed E-state index contributed by atoms with van der Waals surface area (Å²) in [6, 6.07) is 20.2. The lowest BCUT2D eigenvalue weighted by atomic mass is 9.70. The lowest BCUT2D eigenvalue weighted by Crippen LogP contribution is -2.47. The average Bonchev–Trinajstić information content (AvgIpc) is 3.39. The first-order valence-electron chi connectivity index (χ1n) is 15.7. The fourth-order valence-electron chi connectivity index (χ4n) is 7.94. The Kier molecular flexibility index (Phi) is 7.12. The molecule has 44 heavy (non-hydrogen) atoms. The van der Waals surface area contributed by atoms with Crippen LogP contribution in [0.5, 0.6) is 0 Å². The molecular formula is C34H40N6O3S. The van der Waals surface area contributed by atoms with Crippen molar-refractivity contribution in [2.75, 3.05) is 36.8 Å². The highest BCUT2D eigenvalue weighted by atomic mass is 32.2. The fourth-order valence-corrected chi connectivity index (χ4v) is 10.2. The molecule has 3 heterocycles. The van der Waals surface area contributed by atoms with E-state index in [4.69, 9.17) is 15.1 Å². The Labute approximate surface area is 259 Å². The predicted molar refractivity (Wildman–Crippen MR) is 171 cm³/mol. The van der Waals surface area contributed by atoms with Crippen LogP contribution in [0.25, 0.3) is 16.7 Å². The second kappa shape index (κ2) is 10.8. The minimum atomic E-state index is -3.64. The number of para-hydroxylation sites is 1. The van der Waals surface area contributed by atoms with Gasteiger partial charge < -0.3 is 4.90 Å². The van der Waals surface area contributed by atoms with Crippen LogP contribution in [-0.4, -0.2) is 70.2 Å². The number of rotatable bonds is 7. The molecule has 4 aromatic rings. The molecule has 0 spiro atoms. The van der Waals surface area contributed by atoms with Gasteiger partial charge in [0, 0.05) is 44.4 Å². The van der Waals surface area contributed by atoms with Crippen molar-refractivity contribution in [2.24, 2.45) is 16.7 Å². The Morgan fingerprint density at radius 2 is 1.66 bits per heavy atom. The molecule has 0 N–H and O–H groups in total. The van der Waals surface area contributed by atoms with E-state index in [-0.39, 0.29) is 22.9 Å². The second-order valence-electron chi connectivity index (χ2n) is 13.3. The molecule has 0 radical (unpaired) electrons. The minimum absolute atomic E-state index is 0.0791. The molecule has 2 aromatic carbocycles. The van der Waals surface area contributed by atoms with Crippen molar-refractivity contribution < 1.29 is 13.2 Å². The Bertz CT molecular complexity index is 1820. The number of nitrogens with zero attached hydrogens (tertiary/aromatic N) is 6. The molecule has 230 valence electrons. The van der Waals surface area contributed by atoms with Crippen LogP contribution in [0.4, 0.5) is 5.82 Å². The maximum atomic E-state index is 14.0. The second-order valence-corrected chi connectivity index (χ2v) is 15.3. The number of carbonyl (C=O) groups excluding carboxylic acids is 1. The molecule has 1 aliphatic heterocycles. The van der Waals surface area contributed by atoms with Gasteiger partial charge in [0.1, 0.15) is 17.4 Å². The van der Waals surface area contributed by atoms with Crippen LogP contribution in [-0.2, 0) is 21.2 Å². The van der Waals surface area contributed by atoms with Gasteiger partial charge in [0.2, 0.25) is 10.0 Å². The quantitative estimate of drug-likeness (QED) is 0.291. The maximum Gasteiger partial charge on any atom is 0.215 e. The van der Waals surface area contributed by atoms with Crippen molar-refractivity contribution >= 4 is 32.7 Å². The highest BCUT2D eigenvalue weighted by Gasteiger charge is 2.65. The van der Waals surface area contributed by atoms with E-state index in [1.165, 1.54) is 0 Å². The van der Waals surface area contributed by atoms with Crippen molar-refractivity contribution in [3.05, 3.63) is 77.7 Å². The topological polar surface area (TPSA) is 101 Å². The minimum Gasteiger partial charge on any atom is -0.355 e. The summed E-state index contributed by atoms with van der Waals surface area (Å²) in [5.41, 5.74) is 2.56. The molecule has 2 aliphatic carbocycles. The highest BCUT2D eigenvalue weighted by molar-refractivity contribution is 7.89. The third-order valence-electron chi connectivity index (χ3n) is 10.7. The summed E-state index contributed by atoms with van der Waals surface area (Å²) in [5.74, 6) is 1.84. The lowest BCUT2D eigenvalue weighted by molar-refractivity contribution is -0.128. The summed E-state index contributed by atoms with van der Waals surface area (Å²) in [5, 5.41) is 5.77. The van der Waals surface area contributed by atoms with Gasteiger partial charge >= 0.3 is 0 Å². The summed E-state index contributed by atoms with van der Waals surface area (Å²) in [6.45, 7) is 8.12. The van der Waals surface area contributed by atoms with Crippen LogP contribution in [0, 0.1) is 23.7 Å². The number of aromatic nitrogens is 4. The van der Waals surface area contributed by atoms with Gasteiger partial charge in [-0.3, -0.25) is 4.79 Å². The van der Waals surface area contributed by atoms with E-state index in [0.717, 1.165) is 40.2 Å². The summed E-state index contributed by atoms with van der Waals surface area (Å²) < 4.78 is 31.4. The molecule has 2 aromatic heterocycles. The first-order chi connectivity index (χ1) is 21.1. The molecular weight excluding hydrogens is 572 g/mol. The van der Waals surface area contributed by atoms with Crippen LogP contribution in [0.15, 0.2) is 60.7 Å². The van der Waals surface area contributed by atoms with Crippen molar-refractivity contribution in [1.29, 1.82) is 0 Å². The van der Waals surface area contributed by atoms with Crippen molar-refractivity contribution in [3.8, 4) is 5.69 Å². The molecule has 2 saturated carbocycles. The first-order valence-corrected chi connectivity index (χ1v) is 17.3. The monoisotopic (exact) mass is 612 g/mol. The number of ketones is 1. The van der Waals surface area contributed by atoms with Crippen LogP contribution in [0.1, 0.15) is 56.6 Å². The lowest BCUT2D eigenvalue weighted by Gasteiger charge is -2.37. The maximum absolute atomic E-state index is 14.0. The third-order valence-corrected chi connectivity index (χ3v) is 12.7. The van der Waals surface area contributed by atoms with Gasteiger partial charge in [-0.15, -0.1) is 0 Å². The molecule has 2 bridgehead atoms. The Morgan fingerprint density at radius 1 is 0.932 bits per heavy atom. The number of carbonyl (C=O) groups is 1. The van der Waals surface area contributed by atoms with E-state index in [9.17, 15) is 13.2 Å². The molecule has 7 rings (SSSR count). The van der Waals surface area contributed by atoms with Crippen LogP contribution >= 0.6 is 0 Å². The zero-order valence-corrected chi connectivity index (χ0v) is 26.6. The van der Waals surface area contributed by atoms with E-state index < -0.39 is 15.4 Å². The van der Waals surface area contributed by atoms with Crippen LogP contribution in [0.3, 0.4) is 0 Å². The molecule has 2 atom stereocenters. The highest BCUT2D eigenvalue weighted by Crippen LogP contribution is 2.64. The van der Waals surface area contributed by atoms with Crippen molar-refractivity contribution in [2.45, 2.75) is 52.9 Å². The van der Waals surface area contributed by atoms with Gasteiger partial charge in [-0.1, -0.05) is 62.4 Å². The van der Waals surface area contributed by atoms with Gasteiger partial charge in [0.25, 0.3) is 0 Å². The molecule has 1 unspecified atom stereocenters. The molecule has 3 fully saturated rings. The van der Waals surface area contributed by atoms with Crippen molar-refractivity contribution in [3.63, 3.8) is 0 Å². The van der Waals surface area contributed by atoms with E-state index in [0.29, 0.717) is 57.7 Å². The van der Waals surface area contributed by atoms with Crippen LogP contribution in [0.2, 0.25) is 0 Å². The van der Waals surface area contributed by atoms with Crippen molar-refractivity contribution in [1.82, 2.24) is 24.1 Å². The van der Waals surface area contributed by atoms with Gasteiger partial charge in [0.15, 0.2) is 5.65 Å². The number of Topliss-reactive ketones (excluding diaryl/α,β-unsaturated/α-hetero) is 1. The Balaban J connectivity index is 1.22. The predicted octanol–water partition coefficient (Wildman–Crippen LogP) is 4.95. The SMILES string of the molecule is Cc1nn(-c2ccccc2)c2nc(Cc3ccccc3)nc(N3CCCN(S(=O)(=O)C[C@]45CCC(CC4=O)C5(C)C)CC3)c12. The van der Waals surface area contributed by atoms with Gasteiger partial charge in [0.05, 0.1) is 22.5 Å². The number of hydrogen-bond donors (Lipinski definition) is 0. The normalized spacial score (nSPS) is 23.8. The summed E-state index contributed by atoms with van der Waals surface area (Å²) in [7, 11) is -3.64. The number of sulfonamides is 1. The zero-order chi connectivity index (χ0) is 30.7. The standard InChI is InChI=1S/C34H40N6O3S/c1-24-30-31(35-29(21-25-11-6-4-7-12-25)36-32(30)40(37-24)27-13-8-5-9-14-27)38-17-10-18-39(20-19-38)44(42,43)23-34-16-15-26(22-28(34)41)33(34,2)3/h4-9,11-14,26H,10,15-23H2,1-3H3/t26?,34-/m1/s1. The van der Waals surface area contributed by atoms with E-state index in [2.05, 4.69) is 30.9 Å². The summed E-state index contributed by atoms with van der Waals surface area (Å²) in [6.07, 6.45) is 3.37. The number of anilines is 1. The molecule has 1 saturated heterocycles. The molecule has 0 amide bonds. The average molecular weight is 613 g/mol. The number of aryl methyl sites for hydroxylation is 1. The smallest absolute Gasteiger partial charge is 0.215 e. The third kappa shape index (κ3) is 4.74. The molecule has 3 aliphatic rings. The molecule has 10 heteroatoms. The number of hydrogen-bond acceptors (Lipinski definition) is 7. The summed E-state index contributed by atoms with van der Waals surface area (Å²) >= 11 is 0. The summed E-state index contributed by atoms with van der Waals surface area (Å²) in [4.78, 5) is 25.5. The van der Waals surface area contributed by atoms with E-state index in [1.807, 2.05) is 60.1 Å². The van der Waals surface area contributed by atoms with Gasteiger partial charge in [-0.25, -0.2) is 27.4 Å². The van der Waals surface area contributed by atoms with Gasteiger partial charge in [-0.2, -0.15) is 5.10 Å². The zero-order valence-electron chi connectivity index (χ0n) is 25.7. The fraction of sp³-hybridized carbons (Fsp3) is 0.471. The molecule has 9 nitrogen and oxygen atoms in total. The number of benzene rings is 2. The Hall–Kier alpha value is -3.63. The van der Waals surface area contributed by atoms with Crippen LogP contribution < -0.4 is 4.90 Å². The van der Waals surface area contributed by atoms with E-state index in [1.54, 1.807) is 4.31 Å². The Morgan fingerprint density at radius 3 is 2.34 bits per heavy atom. The first kappa shape index (κ1) is 29.1. The van der Waals surface area contributed by atoms with Gasteiger partial charge in [-0.05, 0) is 55.2 Å². The van der Waals surface area contributed by atoms with E-state index >= 15 is 0 Å².